The Kier molecular flexibility index (Phi) is 7.03. The third kappa shape index (κ3) is 6.11. The lowest BCUT2D eigenvalue weighted by Gasteiger charge is -2.27. The SMILES string of the molecule is CC(C)CC(C)Oc1cc(CNC(=O)[C@H]2CCN[C@@H](C)C2)ccn1. The molecule has 2 heterocycles. The highest BCUT2D eigenvalue weighted by molar-refractivity contribution is 5.78. The van der Waals surface area contributed by atoms with Crippen molar-refractivity contribution in [2.24, 2.45) is 11.8 Å². The zero-order chi connectivity index (χ0) is 17.5. The molecule has 1 saturated heterocycles. The average Bonchev–Trinajstić information content (AvgIpc) is 2.52. The lowest BCUT2D eigenvalue weighted by Crippen LogP contribution is -2.42. The Balaban J connectivity index is 1.84. The Hall–Kier alpha value is -1.62. The number of carbonyl (C=O) groups is 1. The van der Waals surface area contributed by atoms with Crippen LogP contribution in [0.1, 0.15) is 52.5 Å². The van der Waals surface area contributed by atoms with E-state index in [0.717, 1.165) is 31.4 Å². The molecule has 0 aromatic carbocycles. The van der Waals surface area contributed by atoms with Crippen molar-refractivity contribution < 1.29 is 9.53 Å². The van der Waals surface area contributed by atoms with Crippen molar-refractivity contribution in [3.05, 3.63) is 23.9 Å². The van der Waals surface area contributed by atoms with E-state index >= 15 is 0 Å². The van der Waals surface area contributed by atoms with Gasteiger partial charge in [0.05, 0.1) is 6.10 Å². The van der Waals surface area contributed by atoms with Crippen LogP contribution in [0.25, 0.3) is 0 Å². The minimum Gasteiger partial charge on any atom is -0.475 e. The molecule has 5 heteroatoms. The molecule has 2 N–H and O–H groups in total. The Morgan fingerprint density at radius 1 is 1.46 bits per heavy atom. The highest BCUT2D eigenvalue weighted by Gasteiger charge is 2.24. The zero-order valence-electron chi connectivity index (χ0n) is 15.3. The van der Waals surface area contributed by atoms with Gasteiger partial charge in [0.1, 0.15) is 0 Å². The summed E-state index contributed by atoms with van der Waals surface area (Å²) in [5, 5.41) is 6.43. The predicted molar refractivity (Wildman–Crippen MR) is 95.8 cm³/mol. The summed E-state index contributed by atoms with van der Waals surface area (Å²) in [6, 6.07) is 4.26. The van der Waals surface area contributed by atoms with Crippen LogP contribution in [0.3, 0.4) is 0 Å². The molecule has 1 aliphatic rings. The molecule has 0 bridgehead atoms. The Bertz CT molecular complexity index is 533. The van der Waals surface area contributed by atoms with Crippen LogP contribution in [-0.2, 0) is 11.3 Å². The van der Waals surface area contributed by atoms with E-state index in [2.05, 4.69) is 43.3 Å². The van der Waals surface area contributed by atoms with E-state index in [4.69, 9.17) is 4.74 Å². The van der Waals surface area contributed by atoms with E-state index in [1.54, 1.807) is 6.20 Å². The number of carbonyl (C=O) groups excluding carboxylic acids is 1. The second-order valence-electron chi connectivity index (χ2n) is 7.35. The van der Waals surface area contributed by atoms with Gasteiger partial charge in [-0.1, -0.05) is 13.8 Å². The number of rotatable bonds is 7. The van der Waals surface area contributed by atoms with Gasteiger partial charge in [0.25, 0.3) is 0 Å². The summed E-state index contributed by atoms with van der Waals surface area (Å²) in [4.78, 5) is 16.6. The fourth-order valence-corrected chi connectivity index (χ4v) is 3.25. The third-order valence-electron chi connectivity index (χ3n) is 4.39. The highest BCUT2D eigenvalue weighted by atomic mass is 16.5. The fourth-order valence-electron chi connectivity index (χ4n) is 3.25. The standard InChI is InChI=1S/C19H31N3O2/c1-13(2)9-15(4)24-18-11-16(5-7-21-18)12-22-19(23)17-6-8-20-14(3)10-17/h5,7,11,13-15,17,20H,6,8-10,12H2,1-4H3,(H,22,23)/t14-,15?,17-/m0/s1. The molecule has 0 saturated carbocycles. The Morgan fingerprint density at radius 3 is 2.96 bits per heavy atom. The predicted octanol–water partition coefficient (Wildman–Crippen LogP) is 2.90. The van der Waals surface area contributed by atoms with Crippen molar-refractivity contribution in [1.29, 1.82) is 0 Å². The van der Waals surface area contributed by atoms with Gasteiger partial charge in [-0.15, -0.1) is 0 Å². The molecule has 0 spiro atoms. The van der Waals surface area contributed by atoms with Crippen LogP contribution in [0.15, 0.2) is 18.3 Å². The number of nitrogens with one attached hydrogen (secondary N) is 2. The topological polar surface area (TPSA) is 63.2 Å². The number of hydrogen-bond donors (Lipinski definition) is 2. The number of piperidine rings is 1. The number of nitrogens with zero attached hydrogens (tertiary/aromatic N) is 1. The molecule has 0 aliphatic carbocycles. The molecule has 3 atom stereocenters. The van der Waals surface area contributed by atoms with Crippen molar-refractivity contribution in [2.45, 2.75) is 65.6 Å². The molecule has 1 fully saturated rings. The molecule has 1 aromatic heterocycles. The van der Waals surface area contributed by atoms with Gasteiger partial charge in [0, 0.05) is 30.8 Å². The minimum absolute atomic E-state index is 0.116. The largest absolute Gasteiger partial charge is 0.475 e. The number of ether oxygens (including phenoxy) is 1. The van der Waals surface area contributed by atoms with E-state index < -0.39 is 0 Å². The van der Waals surface area contributed by atoms with Crippen LogP contribution in [0.5, 0.6) is 5.88 Å². The van der Waals surface area contributed by atoms with Crippen molar-refractivity contribution in [2.75, 3.05) is 6.54 Å². The summed E-state index contributed by atoms with van der Waals surface area (Å²) in [5.74, 6) is 1.49. The van der Waals surface area contributed by atoms with Gasteiger partial charge >= 0.3 is 0 Å². The molecule has 24 heavy (non-hydrogen) atoms. The number of aromatic nitrogens is 1. The average molecular weight is 333 g/mol. The molecule has 1 aliphatic heterocycles. The smallest absolute Gasteiger partial charge is 0.223 e. The molecule has 1 unspecified atom stereocenters. The van der Waals surface area contributed by atoms with Gasteiger partial charge in [-0.3, -0.25) is 4.79 Å². The van der Waals surface area contributed by atoms with Crippen LogP contribution in [0.2, 0.25) is 0 Å². The second-order valence-corrected chi connectivity index (χ2v) is 7.35. The molecular formula is C19H31N3O2. The fraction of sp³-hybridized carbons (Fsp3) is 0.684. The first-order valence-electron chi connectivity index (χ1n) is 9.06. The lowest BCUT2D eigenvalue weighted by atomic mass is 9.92. The number of hydrogen-bond acceptors (Lipinski definition) is 4. The normalized spacial score (nSPS) is 22.2. The summed E-state index contributed by atoms with van der Waals surface area (Å²) in [7, 11) is 0. The van der Waals surface area contributed by atoms with Gasteiger partial charge < -0.3 is 15.4 Å². The van der Waals surface area contributed by atoms with E-state index in [1.165, 1.54) is 0 Å². The van der Waals surface area contributed by atoms with Crippen LogP contribution >= 0.6 is 0 Å². The molecule has 1 aromatic rings. The summed E-state index contributed by atoms with van der Waals surface area (Å²) < 4.78 is 5.87. The maximum absolute atomic E-state index is 12.3. The first-order valence-corrected chi connectivity index (χ1v) is 9.06. The Labute approximate surface area is 145 Å². The van der Waals surface area contributed by atoms with Crippen LogP contribution in [0.4, 0.5) is 0 Å². The van der Waals surface area contributed by atoms with Crippen LogP contribution in [0, 0.1) is 11.8 Å². The Morgan fingerprint density at radius 2 is 2.25 bits per heavy atom. The van der Waals surface area contributed by atoms with Gasteiger partial charge in [0.15, 0.2) is 0 Å². The summed E-state index contributed by atoms with van der Waals surface area (Å²) in [6.45, 7) is 10.00. The van der Waals surface area contributed by atoms with Gasteiger partial charge in [-0.25, -0.2) is 4.98 Å². The monoisotopic (exact) mass is 333 g/mol. The molecule has 2 rings (SSSR count). The minimum atomic E-state index is 0.116. The van der Waals surface area contributed by atoms with Gasteiger partial charge in [-0.2, -0.15) is 0 Å². The van der Waals surface area contributed by atoms with E-state index in [9.17, 15) is 4.79 Å². The molecule has 5 nitrogen and oxygen atoms in total. The van der Waals surface area contributed by atoms with Crippen molar-refractivity contribution in [1.82, 2.24) is 15.6 Å². The first-order chi connectivity index (χ1) is 11.4. The van der Waals surface area contributed by atoms with Crippen molar-refractivity contribution >= 4 is 5.91 Å². The summed E-state index contributed by atoms with van der Waals surface area (Å²) in [5.41, 5.74) is 1.02. The highest BCUT2D eigenvalue weighted by Crippen LogP contribution is 2.17. The van der Waals surface area contributed by atoms with Crippen LogP contribution in [-0.4, -0.2) is 29.6 Å². The summed E-state index contributed by atoms with van der Waals surface area (Å²) in [6.07, 6.45) is 4.69. The van der Waals surface area contributed by atoms with E-state index in [-0.39, 0.29) is 17.9 Å². The van der Waals surface area contributed by atoms with Gasteiger partial charge in [-0.05, 0) is 57.2 Å². The van der Waals surface area contributed by atoms with Crippen molar-refractivity contribution in [3.8, 4) is 5.88 Å². The van der Waals surface area contributed by atoms with Crippen LogP contribution < -0.4 is 15.4 Å². The van der Waals surface area contributed by atoms with Crippen molar-refractivity contribution in [3.63, 3.8) is 0 Å². The quantitative estimate of drug-likeness (QED) is 0.805. The van der Waals surface area contributed by atoms with E-state index in [1.807, 2.05) is 12.1 Å². The summed E-state index contributed by atoms with van der Waals surface area (Å²) >= 11 is 0. The second kappa shape index (κ2) is 9.02. The molecule has 134 valence electrons. The maximum atomic E-state index is 12.3. The molecule has 0 radical (unpaired) electrons. The molecular weight excluding hydrogens is 302 g/mol. The third-order valence-corrected chi connectivity index (χ3v) is 4.39. The first kappa shape index (κ1) is 18.7. The molecule has 1 amide bonds. The zero-order valence-corrected chi connectivity index (χ0v) is 15.3. The maximum Gasteiger partial charge on any atom is 0.223 e. The lowest BCUT2D eigenvalue weighted by molar-refractivity contribution is -0.126. The number of pyridine rings is 1. The number of amides is 1. The van der Waals surface area contributed by atoms with Gasteiger partial charge in [0.2, 0.25) is 11.8 Å². The van der Waals surface area contributed by atoms with E-state index in [0.29, 0.717) is 24.4 Å².